The predicted molar refractivity (Wildman–Crippen MR) is 108 cm³/mol. The summed E-state index contributed by atoms with van der Waals surface area (Å²) in [6, 6.07) is 7.94. The third kappa shape index (κ3) is 3.63. The fraction of sp³-hybridized carbons (Fsp3) is 0.368. The Labute approximate surface area is 166 Å². The first-order chi connectivity index (χ1) is 13.7. The normalized spacial score (nSPS) is 14.8. The topological polar surface area (TPSA) is 94.0 Å². The highest BCUT2D eigenvalue weighted by molar-refractivity contribution is 7.14. The highest BCUT2D eigenvalue weighted by Gasteiger charge is 2.23. The Kier molecular flexibility index (Phi) is 5.36. The van der Waals surface area contributed by atoms with Crippen LogP contribution in [0, 0.1) is 6.92 Å². The van der Waals surface area contributed by atoms with Crippen molar-refractivity contribution >= 4 is 22.4 Å². The maximum Gasteiger partial charge on any atom is 0.279 e. The van der Waals surface area contributed by atoms with Crippen LogP contribution in [-0.2, 0) is 0 Å². The van der Waals surface area contributed by atoms with Crippen LogP contribution in [0.25, 0.3) is 11.3 Å². The van der Waals surface area contributed by atoms with Crippen molar-refractivity contribution in [1.29, 1.82) is 0 Å². The van der Waals surface area contributed by atoms with Crippen LogP contribution in [-0.4, -0.2) is 46.1 Å². The van der Waals surface area contributed by atoms with Crippen molar-refractivity contribution in [2.75, 3.05) is 25.5 Å². The number of benzene rings is 1. The van der Waals surface area contributed by atoms with Crippen molar-refractivity contribution < 1.29 is 9.53 Å². The lowest BCUT2D eigenvalue weighted by Crippen LogP contribution is -2.30. The number of amides is 1. The van der Waals surface area contributed by atoms with Gasteiger partial charge in [-0.25, -0.2) is 9.67 Å². The first kappa shape index (κ1) is 18.6. The molecule has 1 amide bonds. The van der Waals surface area contributed by atoms with Gasteiger partial charge in [0.25, 0.3) is 5.91 Å². The van der Waals surface area contributed by atoms with E-state index in [2.05, 4.69) is 25.9 Å². The number of rotatable bonds is 5. The monoisotopic (exact) mass is 398 g/mol. The summed E-state index contributed by atoms with van der Waals surface area (Å²) >= 11 is 1.37. The summed E-state index contributed by atoms with van der Waals surface area (Å²) in [6.45, 7) is 3.80. The lowest BCUT2D eigenvalue weighted by atomic mass is 10.1. The molecule has 1 saturated heterocycles. The van der Waals surface area contributed by atoms with Crippen molar-refractivity contribution in [3.63, 3.8) is 0 Å². The number of thiazole rings is 1. The average Bonchev–Trinajstić information content (AvgIpc) is 3.35. The molecule has 3 heterocycles. The number of piperidine rings is 1. The van der Waals surface area contributed by atoms with Gasteiger partial charge in [-0.3, -0.25) is 10.1 Å². The number of hydrogen-bond acceptors (Lipinski definition) is 7. The third-order valence-electron chi connectivity index (χ3n) is 4.90. The Morgan fingerprint density at radius 3 is 2.89 bits per heavy atom. The van der Waals surface area contributed by atoms with Gasteiger partial charge in [0.1, 0.15) is 5.75 Å². The van der Waals surface area contributed by atoms with Crippen LogP contribution < -0.4 is 15.4 Å². The van der Waals surface area contributed by atoms with E-state index in [1.807, 2.05) is 41.3 Å². The summed E-state index contributed by atoms with van der Waals surface area (Å²) in [7, 11) is 1.63. The van der Waals surface area contributed by atoms with Crippen LogP contribution in [0.1, 0.15) is 35.1 Å². The number of ether oxygens (including phenoxy) is 1. The second kappa shape index (κ2) is 8.07. The van der Waals surface area contributed by atoms with Crippen molar-refractivity contribution in [2.45, 2.75) is 25.8 Å². The molecular formula is C19H22N6O2S. The molecule has 2 N–H and O–H groups in total. The summed E-state index contributed by atoms with van der Waals surface area (Å²) in [5.74, 6) is 0.449. The highest BCUT2D eigenvalue weighted by atomic mass is 32.1. The van der Waals surface area contributed by atoms with Crippen LogP contribution in [0.15, 0.2) is 29.6 Å². The first-order valence-electron chi connectivity index (χ1n) is 9.20. The number of nitrogens with one attached hydrogen (secondary N) is 2. The van der Waals surface area contributed by atoms with E-state index in [4.69, 9.17) is 4.74 Å². The van der Waals surface area contributed by atoms with E-state index in [-0.39, 0.29) is 11.9 Å². The standard InChI is InChI=1S/C19H22N6O2S/c1-12-17(23-24-25(12)13-7-9-20-10-8-13)18(26)22-19-21-15(11-28-19)14-5-3-4-6-16(14)27-2/h3-6,11,13,20H,7-10H2,1-2H3,(H,21,22,26). The molecule has 0 radical (unpaired) electrons. The van der Waals surface area contributed by atoms with Crippen LogP contribution >= 0.6 is 11.3 Å². The smallest absolute Gasteiger partial charge is 0.279 e. The number of carbonyl (C=O) groups excluding carboxylic acids is 1. The maximum atomic E-state index is 12.7. The molecule has 0 bridgehead atoms. The molecule has 4 rings (SSSR count). The zero-order chi connectivity index (χ0) is 19.5. The van der Waals surface area contributed by atoms with E-state index in [1.54, 1.807) is 7.11 Å². The molecule has 0 spiro atoms. The van der Waals surface area contributed by atoms with Gasteiger partial charge in [0.05, 0.1) is 24.5 Å². The van der Waals surface area contributed by atoms with Gasteiger partial charge in [0.2, 0.25) is 0 Å². The Hall–Kier alpha value is -2.78. The Bertz CT molecular complexity index is 976. The molecule has 1 aliphatic heterocycles. The highest BCUT2D eigenvalue weighted by Crippen LogP contribution is 2.32. The van der Waals surface area contributed by atoms with E-state index in [1.165, 1.54) is 11.3 Å². The Morgan fingerprint density at radius 1 is 1.32 bits per heavy atom. The van der Waals surface area contributed by atoms with Crippen LogP contribution in [0.2, 0.25) is 0 Å². The van der Waals surface area contributed by atoms with Gasteiger partial charge < -0.3 is 10.1 Å². The van der Waals surface area contributed by atoms with Gasteiger partial charge in [-0.05, 0) is 45.0 Å². The first-order valence-corrected chi connectivity index (χ1v) is 10.1. The van der Waals surface area contributed by atoms with E-state index in [9.17, 15) is 4.79 Å². The summed E-state index contributed by atoms with van der Waals surface area (Å²) in [6.07, 6.45) is 1.97. The summed E-state index contributed by atoms with van der Waals surface area (Å²) in [5.41, 5.74) is 2.76. The number of methoxy groups -OCH3 is 1. The SMILES string of the molecule is COc1ccccc1-c1csc(NC(=O)c2nnn(C3CCNCC3)c2C)n1. The maximum absolute atomic E-state index is 12.7. The quantitative estimate of drug-likeness (QED) is 0.686. The molecule has 0 unspecified atom stereocenters. The number of nitrogens with zero attached hydrogens (tertiary/aromatic N) is 4. The summed E-state index contributed by atoms with van der Waals surface area (Å²) < 4.78 is 7.26. The second-order valence-electron chi connectivity index (χ2n) is 6.64. The molecule has 1 fully saturated rings. The van der Waals surface area contributed by atoms with E-state index >= 15 is 0 Å². The lowest BCUT2D eigenvalue weighted by molar-refractivity contribution is 0.102. The third-order valence-corrected chi connectivity index (χ3v) is 5.66. The largest absolute Gasteiger partial charge is 0.496 e. The van der Waals surface area contributed by atoms with Gasteiger partial charge in [0.15, 0.2) is 10.8 Å². The molecule has 0 saturated carbocycles. The number of aromatic nitrogens is 4. The molecular weight excluding hydrogens is 376 g/mol. The molecule has 3 aromatic rings. The fourth-order valence-electron chi connectivity index (χ4n) is 3.42. The number of anilines is 1. The predicted octanol–water partition coefficient (Wildman–Crippen LogP) is 2.90. The van der Waals surface area contributed by atoms with Gasteiger partial charge in [-0.1, -0.05) is 17.3 Å². The molecule has 28 heavy (non-hydrogen) atoms. The lowest BCUT2D eigenvalue weighted by Gasteiger charge is -2.23. The summed E-state index contributed by atoms with van der Waals surface area (Å²) in [4.78, 5) is 17.2. The fourth-order valence-corrected chi connectivity index (χ4v) is 4.12. The zero-order valence-corrected chi connectivity index (χ0v) is 16.6. The Balaban J connectivity index is 1.50. The van der Waals surface area contributed by atoms with Crippen molar-refractivity contribution in [2.24, 2.45) is 0 Å². The molecule has 8 nitrogen and oxygen atoms in total. The molecule has 0 aliphatic carbocycles. The zero-order valence-electron chi connectivity index (χ0n) is 15.8. The Morgan fingerprint density at radius 2 is 2.11 bits per heavy atom. The molecule has 0 atom stereocenters. The molecule has 1 aliphatic rings. The minimum absolute atomic E-state index is 0.285. The van der Waals surface area contributed by atoms with Crippen molar-refractivity contribution in [1.82, 2.24) is 25.3 Å². The molecule has 146 valence electrons. The summed E-state index contributed by atoms with van der Waals surface area (Å²) in [5, 5.41) is 16.9. The van der Waals surface area contributed by atoms with E-state index < -0.39 is 0 Å². The van der Waals surface area contributed by atoms with Gasteiger partial charge in [-0.2, -0.15) is 0 Å². The van der Waals surface area contributed by atoms with Gasteiger partial charge in [0, 0.05) is 10.9 Å². The number of para-hydroxylation sites is 1. The number of hydrogen-bond donors (Lipinski definition) is 2. The van der Waals surface area contributed by atoms with E-state index in [0.717, 1.165) is 48.6 Å². The minimum Gasteiger partial charge on any atom is -0.496 e. The minimum atomic E-state index is -0.293. The van der Waals surface area contributed by atoms with Crippen LogP contribution in [0.3, 0.4) is 0 Å². The second-order valence-corrected chi connectivity index (χ2v) is 7.50. The average molecular weight is 398 g/mol. The van der Waals surface area contributed by atoms with Crippen LogP contribution in [0.5, 0.6) is 5.75 Å². The van der Waals surface area contributed by atoms with E-state index in [0.29, 0.717) is 10.8 Å². The molecule has 9 heteroatoms. The number of carbonyl (C=O) groups is 1. The molecule has 1 aromatic carbocycles. The van der Waals surface area contributed by atoms with Crippen molar-refractivity contribution in [3.05, 3.63) is 41.0 Å². The van der Waals surface area contributed by atoms with Gasteiger partial charge in [-0.15, -0.1) is 16.4 Å². The molecule has 2 aromatic heterocycles. The van der Waals surface area contributed by atoms with Gasteiger partial charge >= 0.3 is 0 Å². The van der Waals surface area contributed by atoms with Crippen LogP contribution in [0.4, 0.5) is 5.13 Å². The van der Waals surface area contributed by atoms with Crippen molar-refractivity contribution in [3.8, 4) is 17.0 Å².